The maximum Gasteiger partial charge on any atom is 0.232 e. The molecule has 84 valence electrons. The Hall–Kier alpha value is -2.73. The second-order valence-electron chi connectivity index (χ2n) is 3.01. The molecule has 1 aromatic rings. The van der Waals surface area contributed by atoms with Gasteiger partial charge in [-0.25, -0.2) is 9.97 Å². The minimum absolute atomic E-state index is 0.0336. The molecule has 0 amide bonds. The highest BCUT2D eigenvalue weighted by molar-refractivity contribution is 6.25. The lowest BCUT2D eigenvalue weighted by atomic mass is 9.97. The van der Waals surface area contributed by atoms with E-state index in [1.165, 1.54) is 13.3 Å². The number of ketones is 2. The van der Waals surface area contributed by atoms with E-state index in [-0.39, 0.29) is 22.7 Å². The first-order valence-electron chi connectivity index (χ1n) is 4.43. The van der Waals surface area contributed by atoms with Crippen LogP contribution in [0.15, 0.2) is 29.1 Å². The Morgan fingerprint density at radius 1 is 1.41 bits per heavy atom. The predicted molar refractivity (Wildman–Crippen MR) is 53.9 cm³/mol. The average Bonchev–Trinajstić information content (AvgIpc) is 2.36. The standard InChI is InChI=1S/C9H5N5O3/c1-17-9-6(13-14-10)8(16)5-4(7(9)15)2-11-3-12-5/h2-3H,1H3. The van der Waals surface area contributed by atoms with E-state index in [1.807, 2.05) is 0 Å². The van der Waals surface area contributed by atoms with E-state index >= 15 is 0 Å². The fourth-order valence-corrected chi connectivity index (χ4v) is 1.45. The van der Waals surface area contributed by atoms with Gasteiger partial charge < -0.3 is 4.74 Å². The molecule has 0 atom stereocenters. The van der Waals surface area contributed by atoms with Crippen molar-refractivity contribution < 1.29 is 14.3 Å². The number of hydrogen-bond donors (Lipinski definition) is 0. The van der Waals surface area contributed by atoms with Gasteiger partial charge >= 0.3 is 0 Å². The molecule has 1 aliphatic carbocycles. The van der Waals surface area contributed by atoms with Crippen LogP contribution in [0.1, 0.15) is 20.8 Å². The van der Waals surface area contributed by atoms with Crippen LogP contribution < -0.4 is 0 Å². The van der Waals surface area contributed by atoms with Gasteiger partial charge in [-0.05, 0) is 5.53 Å². The Morgan fingerprint density at radius 3 is 2.82 bits per heavy atom. The van der Waals surface area contributed by atoms with Crippen LogP contribution in [0.5, 0.6) is 0 Å². The lowest BCUT2D eigenvalue weighted by Gasteiger charge is -2.15. The van der Waals surface area contributed by atoms with Gasteiger partial charge in [-0.15, -0.1) is 0 Å². The topological polar surface area (TPSA) is 118 Å². The molecule has 0 bridgehead atoms. The lowest BCUT2D eigenvalue weighted by molar-refractivity contribution is 0.0901. The van der Waals surface area contributed by atoms with Crippen LogP contribution in [0.25, 0.3) is 10.4 Å². The first kappa shape index (κ1) is 10.8. The van der Waals surface area contributed by atoms with E-state index in [4.69, 9.17) is 10.3 Å². The van der Waals surface area contributed by atoms with Gasteiger partial charge in [0.2, 0.25) is 11.6 Å². The smallest absolute Gasteiger partial charge is 0.232 e. The van der Waals surface area contributed by atoms with Gasteiger partial charge in [0, 0.05) is 11.1 Å². The van der Waals surface area contributed by atoms with Gasteiger partial charge in [0.05, 0.1) is 12.7 Å². The number of rotatable bonds is 2. The highest BCUT2D eigenvalue weighted by Crippen LogP contribution is 2.25. The number of carbonyl (C=O) groups excluding carboxylic acids is 2. The van der Waals surface area contributed by atoms with Crippen LogP contribution in [0.3, 0.4) is 0 Å². The molecular weight excluding hydrogens is 226 g/mol. The number of methoxy groups -OCH3 is 1. The van der Waals surface area contributed by atoms with Crippen molar-refractivity contribution in [3.8, 4) is 0 Å². The third kappa shape index (κ3) is 1.52. The van der Waals surface area contributed by atoms with E-state index in [0.717, 1.165) is 6.33 Å². The molecule has 8 heteroatoms. The van der Waals surface area contributed by atoms with E-state index in [1.54, 1.807) is 0 Å². The van der Waals surface area contributed by atoms with Gasteiger partial charge in [-0.1, -0.05) is 5.11 Å². The second kappa shape index (κ2) is 4.03. The van der Waals surface area contributed by atoms with E-state index in [0.29, 0.717) is 0 Å². The maximum atomic E-state index is 11.9. The molecule has 0 spiro atoms. The van der Waals surface area contributed by atoms with Gasteiger partial charge in [0.1, 0.15) is 17.7 Å². The van der Waals surface area contributed by atoms with Gasteiger partial charge in [-0.3, -0.25) is 9.59 Å². The van der Waals surface area contributed by atoms with Crippen LogP contribution >= 0.6 is 0 Å². The third-order valence-corrected chi connectivity index (χ3v) is 2.16. The number of Topliss-reactive ketones (excluding diaryl/α,β-unsaturated/α-hetero) is 2. The third-order valence-electron chi connectivity index (χ3n) is 2.16. The first-order valence-corrected chi connectivity index (χ1v) is 4.43. The minimum Gasteiger partial charge on any atom is -0.492 e. The summed E-state index contributed by atoms with van der Waals surface area (Å²) in [5.74, 6) is -1.53. The molecule has 0 fully saturated rings. The summed E-state index contributed by atoms with van der Waals surface area (Å²) in [6.45, 7) is 0. The van der Waals surface area contributed by atoms with Gasteiger partial charge in [0.15, 0.2) is 5.76 Å². The summed E-state index contributed by atoms with van der Waals surface area (Å²) in [6.07, 6.45) is 2.35. The number of azide groups is 1. The lowest BCUT2D eigenvalue weighted by Crippen LogP contribution is -2.23. The molecule has 0 saturated carbocycles. The molecule has 0 saturated heterocycles. The highest BCUT2D eigenvalue weighted by Gasteiger charge is 2.34. The fourth-order valence-electron chi connectivity index (χ4n) is 1.45. The van der Waals surface area contributed by atoms with Crippen LogP contribution in [0, 0.1) is 0 Å². The zero-order valence-corrected chi connectivity index (χ0v) is 8.62. The Bertz CT molecular complexity index is 600. The van der Waals surface area contributed by atoms with Crippen molar-refractivity contribution in [3.05, 3.63) is 45.7 Å². The van der Waals surface area contributed by atoms with E-state index in [2.05, 4.69) is 20.0 Å². The van der Waals surface area contributed by atoms with Gasteiger partial charge in [0.25, 0.3) is 0 Å². The number of carbonyl (C=O) groups is 2. The van der Waals surface area contributed by atoms with Crippen molar-refractivity contribution >= 4 is 11.6 Å². The molecule has 1 heterocycles. The number of hydrogen-bond acceptors (Lipinski definition) is 6. The number of aromatic nitrogens is 2. The average molecular weight is 231 g/mol. The van der Waals surface area contributed by atoms with E-state index < -0.39 is 11.6 Å². The van der Waals surface area contributed by atoms with Crippen LogP contribution in [0.2, 0.25) is 0 Å². The monoisotopic (exact) mass is 231 g/mol. The summed E-state index contributed by atoms with van der Waals surface area (Å²) in [7, 11) is 1.21. The Labute approximate surface area is 94.6 Å². The summed E-state index contributed by atoms with van der Waals surface area (Å²) in [6, 6.07) is 0. The molecule has 0 radical (unpaired) electrons. The molecule has 0 aliphatic heterocycles. The second-order valence-corrected chi connectivity index (χ2v) is 3.01. The molecule has 0 N–H and O–H groups in total. The number of fused-ring (bicyclic) bond motifs is 1. The van der Waals surface area contributed by atoms with Crippen molar-refractivity contribution in [1.82, 2.24) is 9.97 Å². The molecule has 17 heavy (non-hydrogen) atoms. The van der Waals surface area contributed by atoms with Crippen LogP contribution in [-0.4, -0.2) is 28.6 Å². The molecule has 0 aromatic carbocycles. The molecule has 0 unspecified atom stereocenters. The number of nitrogens with zero attached hydrogens (tertiary/aromatic N) is 5. The van der Waals surface area contributed by atoms with Gasteiger partial charge in [-0.2, -0.15) is 0 Å². The Morgan fingerprint density at radius 2 is 2.18 bits per heavy atom. The quantitative estimate of drug-likeness (QED) is 0.427. The molecule has 2 rings (SSSR count). The summed E-state index contributed by atoms with van der Waals surface area (Å²) in [5, 5.41) is 3.17. The summed E-state index contributed by atoms with van der Waals surface area (Å²) in [5.41, 5.74) is 7.92. The zero-order chi connectivity index (χ0) is 12.4. The highest BCUT2D eigenvalue weighted by atomic mass is 16.5. The summed E-state index contributed by atoms with van der Waals surface area (Å²) >= 11 is 0. The minimum atomic E-state index is -0.656. The summed E-state index contributed by atoms with van der Waals surface area (Å²) < 4.78 is 4.78. The van der Waals surface area contributed by atoms with E-state index in [9.17, 15) is 9.59 Å². The fraction of sp³-hybridized carbons (Fsp3) is 0.111. The normalized spacial score (nSPS) is 14.2. The van der Waals surface area contributed by atoms with Crippen molar-refractivity contribution in [2.24, 2.45) is 5.11 Å². The molecule has 1 aliphatic rings. The SMILES string of the molecule is COC1=C(N=[N+]=[N-])C(=O)c2ncncc2C1=O. The van der Waals surface area contributed by atoms with Crippen molar-refractivity contribution in [1.29, 1.82) is 0 Å². The molecule has 8 nitrogen and oxygen atoms in total. The summed E-state index contributed by atoms with van der Waals surface area (Å²) in [4.78, 5) is 33.6. The zero-order valence-electron chi connectivity index (χ0n) is 8.62. The predicted octanol–water partition coefficient (Wildman–Crippen LogP) is 1.02. The number of allylic oxidation sites excluding steroid dienone is 2. The number of ether oxygens (including phenoxy) is 1. The Balaban J connectivity index is 2.72. The van der Waals surface area contributed by atoms with Crippen molar-refractivity contribution in [3.63, 3.8) is 0 Å². The van der Waals surface area contributed by atoms with Crippen LogP contribution in [0.4, 0.5) is 0 Å². The largest absolute Gasteiger partial charge is 0.492 e. The van der Waals surface area contributed by atoms with Crippen molar-refractivity contribution in [2.75, 3.05) is 7.11 Å². The van der Waals surface area contributed by atoms with Crippen LogP contribution in [-0.2, 0) is 4.74 Å². The maximum absolute atomic E-state index is 11.9. The molecular formula is C9H5N5O3. The molecule has 1 aromatic heterocycles. The Kier molecular flexibility index (Phi) is 2.55. The first-order chi connectivity index (χ1) is 8.20. The van der Waals surface area contributed by atoms with Crippen molar-refractivity contribution in [2.45, 2.75) is 0 Å².